The van der Waals surface area contributed by atoms with Gasteiger partial charge in [0.2, 0.25) is 5.78 Å². The van der Waals surface area contributed by atoms with Crippen LogP contribution in [0.3, 0.4) is 0 Å². The SMILES string of the molecule is CNc1ccc(C2CC(=O)C=C3CC[C@@H]4C(=C32)CC[C@@]2(C)[C@H]4CC[C@]2(OC(C)=O)C(=O)COC)cc1. The Morgan fingerprint density at radius 2 is 1.86 bits per heavy atom. The first kappa shape index (κ1) is 24.9. The lowest BCUT2D eigenvalue weighted by Gasteiger charge is -2.52. The molecular formula is C30H37NO5. The van der Waals surface area contributed by atoms with E-state index >= 15 is 0 Å². The van der Waals surface area contributed by atoms with Crippen molar-refractivity contribution in [3.05, 3.63) is 52.6 Å². The molecule has 0 spiro atoms. The molecule has 192 valence electrons. The molecule has 4 aliphatic carbocycles. The summed E-state index contributed by atoms with van der Waals surface area (Å²) in [6.45, 7) is 3.51. The maximum absolute atomic E-state index is 13.4. The molecule has 36 heavy (non-hydrogen) atoms. The van der Waals surface area contributed by atoms with Gasteiger partial charge in [-0.2, -0.15) is 0 Å². The fourth-order valence-corrected chi connectivity index (χ4v) is 7.98. The van der Waals surface area contributed by atoms with Crippen molar-refractivity contribution in [2.24, 2.45) is 17.3 Å². The van der Waals surface area contributed by atoms with Gasteiger partial charge in [-0.3, -0.25) is 14.4 Å². The molecule has 4 aliphatic rings. The number of benzene rings is 1. The van der Waals surface area contributed by atoms with Gasteiger partial charge in [0.15, 0.2) is 11.4 Å². The first-order valence-corrected chi connectivity index (χ1v) is 13.2. The lowest BCUT2D eigenvalue weighted by molar-refractivity contribution is -0.184. The molecule has 2 saturated carbocycles. The van der Waals surface area contributed by atoms with Crippen LogP contribution in [0, 0.1) is 17.3 Å². The van der Waals surface area contributed by atoms with Gasteiger partial charge in [0.05, 0.1) is 0 Å². The van der Waals surface area contributed by atoms with Gasteiger partial charge >= 0.3 is 5.97 Å². The van der Waals surface area contributed by atoms with E-state index in [0.717, 1.165) is 37.8 Å². The van der Waals surface area contributed by atoms with Crippen molar-refractivity contribution >= 4 is 23.2 Å². The Kier molecular flexibility index (Phi) is 6.44. The highest BCUT2D eigenvalue weighted by Gasteiger charge is 2.66. The number of fused-ring (bicyclic) bond motifs is 4. The minimum atomic E-state index is -1.13. The van der Waals surface area contributed by atoms with E-state index in [1.54, 1.807) is 0 Å². The van der Waals surface area contributed by atoms with E-state index in [-0.39, 0.29) is 30.0 Å². The predicted molar refractivity (Wildman–Crippen MR) is 138 cm³/mol. The van der Waals surface area contributed by atoms with Crippen LogP contribution in [0.2, 0.25) is 0 Å². The van der Waals surface area contributed by atoms with E-state index in [9.17, 15) is 14.4 Å². The van der Waals surface area contributed by atoms with Crippen molar-refractivity contribution in [3.63, 3.8) is 0 Å². The minimum Gasteiger partial charge on any atom is -0.451 e. The van der Waals surface area contributed by atoms with Crippen LogP contribution in [-0.2, 0) is 23.9 Å². The summed E-state index contributed by atoms with van der Waals surface area (Å²) in [6.07, 6.45) is 7.25. The Morgan fingerprint density at radius 3 is 2.53 bits per heavy atom. The van der Waals surface area contributed by atoms with E-state index in [1.165, 1.54) is 36.3 Å². The molecule has 0 radical (unpaired) electrons. The van der Waals surface area contributed by atoms with Crippen molar-refractivity contribution < 1.29 is 23.9 Å². The van der Waals surface area contributed by atoms with Crippen molar-refractivity contribution in [2.75, 3.05) is 26.1 Å². The van der Waals surface area contributed by atoms with Crippen LogP contribution in [0.25, 0.3) is 0 Å². The number of esters is 1. The summed E-state index contributed by atoms with van der Waals surface area (Å²) in [5.74, 6) is 0.325. The molecule has 1 aromatic rings. The Morgan fingerprint density at radius 1 is 1.11 bits per heavy atom. The topological polar surface area (TPSA) is 81.7 Å². The first-order chi connectivity index (χ1) is 17.2. The number of methoxy groups -OCH3 is 1. The molecule has 0 saturated heterocycles. The maximum atomic E-state index is 13.4. The molecule has 0 amide bonds. The van der Waals surface area contributed by atoms with Crippen LogP contribution in [0.5, 0.6) is 0 Å². The summed E-state index contributed by atoms with van der Waals surface area (Å²) in [5, 5.41) is 3.17. The van der Waals surface area contributed by atoms with Crippen LogP contribution < -0.4 is 5.32 Å². The Bertz CT molecular complexity index is 1150. The van der Waals surface area contributed by atoms with Gasteiger partial charge in [0.1, 0.15) is 6.61 Å². The van der Waals surface area contributed by atoms with Gasteiger partial charge in [0.25, 0.3) is 0 Å². The number of Topliss-reactive ketones (excluding diaryl/α,β-unsaturated/α-hetero) is 1. The maximum Gasteiger partial charge on any atom is 0.303 e. The molecule has 5 atom stereocenters. The van der Waals surface area contributed by atoms with E-state index in [0.29, 0.717) is 18.8 Å². The van der Waals surface area contributed by atoms with Crippen LogP contribution in [0.1, 0.15) is 70.3 Å². The Hall–Kier alpha value is -2.73. The number of anilines is 1. The third kappa shape index (κ3) is 3.76. The molecule has 1 aromatic carbocycles. The monoisotopic (exact) mass is 491 g/mol. The molecular weight excluding hydrogens is 454 g/mol. The van der Waals surface area contributed by atoms with Gasteiger partial charge in [-0.1, -0.05) is 24.6 Å². The summed E-state index contributed by atoms with van der Waals surface area (Å²) in [7, 11) is 3.42. The summed E-state index contributed by atoms with van der Waals surface area (Å²) in [5.41, 5.74) is 4.69. The van der Waals surface area contributed by atoms with E-state index in [1.807, 2.05) is 13.1 Å². The second-order valence-electron chi connectivity index (χ2n) is 11.2. The number of ether oxygens (including phenoxy) is 2. The summed E-state index contributed by atoms with van der Waals surface area (Å²) < 4.78 is 11.2. The predicted octanol–water partition coefficient (Wildman–Crippen LogP) is 5.15. The molecule has 6 heteroatoms. The quantitative estimate of drug-likeness (QED) is 0.555. The van der Waals surface area contributed by atoms with Gasteiger partial charge < -0.3 is 14.8 Å². The Balaban J connectivity index is 1.56. The molecule has 0 aliphatic heterocycles. The summed E-state index contributed by atoms with van der Waals surface area (Å²) in [6, 6.07) is 8.43. The number of hydrogen-bond acceptors (Lipinski definition) is 6. The van der Waals surface area contributed by atoms with Gasteiger partial charge in [-0.25, -0.2) is 0 Å². The average molecular weight is 492 g/mol. The number of rotatable bonds is 6. The number of allylic oxidation sites excluding steroid dienone is 4. The number of carbonyl (C=O) groups is 3. The fraction of sp³-hybridized carbons (Fsp3) is 0.567. The lowest BCUT2D eigenvalue weighted by Crippen LogP contribution is -2.57. The molecule has 1 unspecified atom stereocenters. The second kappa shape index (κ2) is 9.29. The number of hydrogen-bond donors (Lipinski definition) is 1. The molecule has 1 N–H and O–H groups in total. The zero-order valence-corrected chi connectivity index (χ0v) is 21.8. The van der Waals surface area contributed by atoms with Gasteiger partial charge in [-0.15, -0.1) is 0 Å². The third-order valence-electron chi connectivity index (χ3n) is 9.55. The number of carbonyl (C=O) groups excluding carboxylic acids is 3. The van der Waals surface area contributed by atoms with Crippen LogP contribution in [0.4, 0.5) is 5.69 Å². The molecule has 0 bridgehead atoms. The van der Waals surface area contributed by atoms with E-state index < -0.39 is 17.0 Å². The zero-order valence-electron chi connectivity index (χ0n) is 21.8. The van der Waals surface area contributed by atoms with Crippen LogP contribution in [0.15, 0.2) is 47.1 Å². The second-order valence-corrected chi connectivity index (χ2v) is 11.2. The highest BCUT2D eigenvalue weighted by molar-refractivity contribution is 5.94. The third-order valence-corrected chi connectivity index (χ3v) is 9.55. The molecule has 2 fully saturated rings. The smallest absolute Gasteiger partial charge is 0.303 e. The van der Waals surface area contributed by atoms with Crippen molar-refractivity contribution in [1.82, 2.24) is 0 Å². The van der Waals surface area contributed by atoms with Crippen LogP contribution >= 0.6 is 0 Å². The zero-order chi connectivity index (χ0) is 25.7. The lowest BCUT2D eigenvalue weighted by atomic mass is 9.53. The molecule has 5 rings (SSSR count). The molecule has 0 heterocycles. The first-order valence-electron chi connectivity index (χ1n) is 13.2. The normalized spacial score (nSPS) is 33.3. The fourth-order valence-electron chi connectivity index (χ4n) is 7.98. The van der Waals surface area contributed by atoms with Crippen molar-refractivity contribution in [1.29, 1.82) is 0 Å². The number of nitrogens with one attached hydrogen (secondary N) is 1. The van der Waals surface area contributed by atoms with Crippen molar-refractivity contribution in [2.45, 2.75) is 70.3 Å². The standard InChI is InChI=1S/C30H37NO5/c1-18(32)36-30(27(34)17-35-4)14-12-26-23-10-7-20-15-22(33)16-25(19-5-8-21(31-3)9-6-19)28(20)24(23)11-13-29(26,30)2/h5-6,8-9,15,23,25-26,31H,7,10-14,16-17H2,1-4H3/t23-,25?,26+,29+,30+/m1/s1. The van der Waals surface area contributed by atoms with Crippen LogP contribution in [-0.4, -0.2) is 43.9 Å². The van der Waals surface area contributed by atoms with E-state index in [2.05, 4.69) is 36.5 Å². The average Bonchev–Trinajstić information content (AvgIpc) is 3.16. The summed E-state index contributed by atoms with van der Waals surface area (Å²) >= 11 is 0. The molecule has 0 aromatic heterocycles. The largest absolute Gasteiger partial charge is 0.451 e. The Labute approximate surface area is 213 Å². The highest BCUT2D eigenvalue weighted by atomic mass is 16.6. The highest BCUT2D eigenvalue weighted by Crippen LogP contribution is 2.65. The summed E-state index contributed by atoms with van der Waals surface area (Å²) in [4.78, 5) is 38.4. The van der Waals surface area contributed by atoms with Crippen molar-refractivity contribution in [3.8, 4) is 0 Å². The van der Waals surface area contributed by atoms with Gasteiger partial charge in [0, 0.05) is 44.5 Å². The van der Waals surface area contributed by atoms with E-state index in [4.69, 9.17) is 9.47 Å². The minimum absolute atomic E-state index is 0.0477. The molecule has 6 nitrogen and oxygen atoms in total. The number of ketones is 2. The van der Waals surface area contributed by atoms with Gasteiger partial charge in [-0.05, 0) is 85.3 Å².